The molecule has 0 aliphatic heterocycles. The Kier molecular flexibility index (Phi) is 6.25. The van der Waals surface area contributed by atoms with Gasteiger partial charge in [-0.3, -0.25) is 4.79 Å². The van der Waals surface area contributed by atoms with E-state index >= 15 is 0 Å². The molecule has 1 atom stereocenters. The Morgan fingerprint density at radius 3 is 1.64 bits per heavy atom. The molecule has 0 N–H and O–H groups in total. The van der Waals surface area contributed by atoms with Crippen molar-refractivity contribution in [2.24, 2.45) is 11.8 Å². The van der Waals surface area contributed by atoms with E-state index in [4.69, 9.17) is 0 Å². The standard InChI is InChI=1S/C11H23NOS/c1-8(2)6-12(7-9(3)4)11(13)10(5)14/h8-10,14H,6-7H2,1-5H3. The van der Waals surface area contributed by atoms with Crippen LogP contribution >= 0.6 is 12.6 Å². The van der Waals surface area contributed by atoms with Crippen molar-refractivity contribution < 1.29 is 4.79 Å². The van der Waals surface area contributed by atoms with Crippen LogP contribution in [0.5, 0.6) is 0 Å². The highest BCUT2D eigenvalue weighted by molar-refractivity contribution is 7.81. The molecular weight excluding hydrogens is 194 g/mol. The van der Waals surface area contributed by atoms with Gasteiger partial charge in [0.1, 0.15) is 0 Å². The van der Waals surface area contributed by atoms with Gasteiger partial charge in [-0.1, -0.05) is 27.7 Å². The number of amides is 1. The summed E-state index contributed by atoms with van der Waals surface area (Å²) in [6.07, 6.45) is 0. The minimum Gasteiger partial charge on any atom is -0.341 e. The maximum absolute atomic E-state index is 11.8. The number of carbonyl (C=O) groups is 1. The van der Waals surface area contributed by atoms with Gasteiger partial charge in [-0.15, -0.1) is 0 Å². The van der Waals surface area contributed by atoms with Gasteiger partial charge in [0, 0.05) is 13.1 Å². The molecule has 0 radical (unpaired) electrons. The molecule has 0 fully saturated rings. The number of hydrogen-bond donors (Lipinski definition) is 1. The number of thiol groups is 1. The molecule has 0 aromatic heterocycles. The van der Waals surface area contributed by atoms with E-state index in [0.29, 0.717) is 11.8 Å². The fourth-order valence-electron chi connectivity index (χ4n) is 1.40. The quantitative estimate of drug-likeness (QED) is 0.701. The zero-order chi connectivity index (χ0) is 11.3. The molecule has 84 valence electrons. The summed E-state index contributed by atoms with van der Waals surface area (Å²) in [5.74, 6) is 1.19. The fourth-order valence-corrected chi connectivity index (χ4v) is 1.56. The lowest BCUT2D eigenvalue weighted by Gasteiger charge is -2.27. The summed E-state index contributed by atoms with van der Waals surface area (Å²) in [4.78, 5) is 13.7. The molecule has 3 heteroatoms. The first-order valence-electron chi connectivity index (χ1n) is 5.31. The number of carbonyl (C=O) groups excluding carboxylic acids is 1. The fraction of sp³-hybridized carbons (Fsp3) is 0.909. The SMILES string of the molecule is CC(C)CN(CC(C)C)C(=O)C(C)S. The third-order valence-corrected chi connectivity index (χ3v) is 2.06. The first kappa shape index (κ1) is 13.8. The predicted molar refractivity (Wildman–Crippen MR) is 64.7 cm³/mol. The normalized spacial score (nSPS) is 13.4. The van der Waals surface area contributed by atoms with Gasteiger partial charge in [-0.2, -0.15) is 12.6 Å². The van der Waals surface area contributed by atoms with Crippen LogP contribution in [-0.2, 0) is 4.79 Å². The molecule has 14 heavy (non-hydrogen) atoms. The molecule has 0 rings (SSSR count). The van der Waals surface area contributed by atoms with Gasteiger partial charge in [0.25, 0.3) is 0 Å². The van der Waals surface area contributed by atoms with Crippen molar-refractivity contribution in [2.75, 3.05) is 13.1 Å². The van der Waals surface area contributed by atoms with Gasteiger partial charge in [0.2, 0.25) is 5.91 Å². The maximum atomic E-state index is 11.8. The summed E-state index contributed by atoms with van der Waals surface area (Å²) in [5, 5.41) is -0.188. The van der Waals surface area contributed by atoms with Crippen molar-refractivity contribution in [1.29, 1.82) is 0 Å². The summed E-state index contributed by atoms with van der Waals surface area (Å²) in [7, 11) is 0. The van der Waals surface area contributed by atoms with E-state index < -0.39 is 0 Å². The minimum absolute atomic E-state index is 0.149. The summed E-state index contributed by atoms with van der Waals surface area (Å²) in [5.41, 5.74) is 0. The van der Waals surface area contributed by atoms with Crippen molar-refractivity contribution in [2.45, 2.75) is 39.9 Å². The zero-order valence-corrected chi connectivity index (χ0v) is 10.8. The van der Waals surface area contributed by atoms with Gasteiger partial charge in [-0.25, -0.2) is 0 Å². The summed E-state index contributed by atoms with van der Waals surface area (Å²) in [6, 6.07) is 0. The molecule has 0 saturated carbocycles. The molecule has 2 nitrogen and oxygen atoms in total. The van der Waals surface area contributed by atoms with Crippen LogP contribution in [0, 0.1) is 11.8 Å². The van der Waals surface area contributed by atoms with Crippen LogP contribution in [-0.4, -0.2) is 29.1 Å². The van der Waals surface area contributed by atoms with Crippen LogP contribution in [0.3, 0.4) is 0 Å². The first-order valence-corrected chi connectivity index (χ1v) is 5.83. The molecule has 0 heterocycles. The molecular formula is C11H23NOS. The maximum Gasteiger partial charge on any atom is 0.235 e. The van der Waals surface area contributed by atoms with Gasteiger partial charge in [0.05, 0.1) is 5.25 Å². The Hall–Kier alpha value is -0.180. The van der Waals surface area contributed by atoms with Crippen molar-refractivity contribution >= 4 is 18.5 Å². The summed E-state index contributed by atoms with van der Waals surface area (Å²) < 4.78 is 0. The van der Waals surface area contributed by atoms with Crippen LogP contribution in [0.25, 0.3) is 0 Å². The molecule has 0 saturated heterocycles. The van der Waals surface area contributed by atoms with E-state index in [2.05, 4.69) is 40.3 Å². The molecule has 0 aromatic carbocycles. The first-order chi connectivity index (χ1) is 6.34. The molecule has 1 unspecified atom stereocenters. The highest BCUT2D eigenvalue weighted by Crippen LogP contribution is 2.08. The molecule has 0 bridgehead atoms. The molecule has 0 aliphatic carbocycles. The topological polar surface area (TPSA) is 20.3 Å². The monoisotopic (exact) mass is 217 g/mol. The average Bonchev–Trinajstić information content (AvgIpc) is 1.99. The highest BCUT2D eigenvalue weighted by atomic mass is 32.1. The lowest BCUT2D eigenvalue weighted by Crippen LogP contribution is -2.40. The van der Waals surface area contributed by atoms with Crippen molar-refractivity contribution in [3.8, 4) is 0 Å². The second-order valence-electron chi connectivity index (χ2n) is 4.71. The van der Waals surface area contributed by atoms with Crippen LogP contribution in [0.2, 0.25) is 0 Å². The lowest BCUT2D eigenvalue weighted by molar-refractivity contribution is -0.131. The Bertz CT molecular complexity index is 168. The van der Waals surface area contributed by atoms with Crippen molar-refractivity contribution in [3.63, 3.8) is 0 Å². The summed E-state index contributed by atoms with van der Waals surface area (Å²) in [6.45, 7) is 12.0. The van der Waals surface area contributed by atoms with Crippen LogP contribution < -0.4 is 0 Å². The second kappa shape index (κ2) is 6.33. The predicted octanol–water partition coefficient (Wildman–Crippen LogP) is 2.45. The van der Waals surface area contributed by atoms with Gasteiger partial charge >= 0.3 is 0 Å². The molecule has 1 amide bonds. The number of rotatable bonds is 5. The highest BCUT2D eigenvalue weighted by Gasteiger charge is 2.19. The van der Waals surface area contributed by atoms with Crippen molar-refractivity contribution in [1.82, 2.24) is 4.90 Å². The van der Waals surface area contributed by atoms with E-state index in [0.717, 1.165) is 13.1 Å². The minimum atomic E-state index is -0.188. The number of hydrogen-bond acceptors (Lipinski definition) is 2. The van der Waals surface area contributed by atoms with E-state index in [1.807, 2.05) is 11.8 Å². The Morgan fingerprint density at radius 1 is 1.07 bits per heavy atom. The van der Waals surface area contributed by atoms with Gasteiger partial charge in [0.15, 0.2) is 0 Å². The molecule has 0 aromatic rings. The third-order valence-electron chi connectivity index (χ3n) is 1.84. The molecule has 0 spiro atoms. The third kappa shape index (κ3) is 5.53. The van der Waals surface area contributed by atoms with E-state index in [1.54, 1.807) is 0 Å². The van der Waals surface area contributed by atoms with Crippen LogP contribution in [0.4, 0.5) is 0 Å². The Morgan fingerprint density at radius 2 is 1.43 bits per heavy atom. The largest absolute Gasteiger partial charge is 0.341 e. The van der Waals surface area contributed by atoms with E-state index in [-0.39, 0.29) is 11.2 Å². The van der Waals surface area contributed by atoms with Crippen molar-refractivity contribution in [3.05, 3.63) is 0 Å². The van der Waals surface area contributed by atoms with Gasteiger partial charge in [-0.05, 0) is 18.8 Å². The summed E-state index contributed by atoms with van der Waals surface area (Å²) >= 11 is 4.19. The van der Waals surface area contributed by atoms with E-state index in [1.165, 1.54) is 0 Å². The average molecular weight is 217 g/mol. The van der Waals surface area contributed by atoms with E-state index in [9.17, 15) is 4.79 Å². The number of nitrogens with zero attached hydrogens (tertiary/aromatic N) is 1. The molecule has 0 aliphatic rings. The van der Waals surface area contributed by atoms with Crippen LogP contribution in [0.15, 0.2) is 0 Å². The Balaban J connectivity index is 4.31. The smallest absolute Gasteiger partial charge is 0.235 e. The Labute approximate surface area is 93.5 Å². The zero-order valence-electron chi connectivity index (χ0n) is 9.95. The van der Waals surface area contributed by atoms with Gasteiger partial charge < -0.3 is 4.90 Å². The van der Waals surface area contributed by atoms with Crippen LogP contribution in [0.1, 0.15) is 34.6 Å². The second-order valence-corrected chi connectivity index (χ2v) is 5.48. The lowest BCUT2D eigenvalue weighted by atomic mass is 10.1.